The molecule has 2 aromatic rings. The van der Waals surface area contributed by atoms with Gasteiger partial charge in [-0.15, -0.1) is 0 Å². The molecule has 0 aliphatic carbocycles. The van der Waals surface area contributed by atoms with E-state index in [2.05, 4.69) is 0 Å². The molecule has 4 unspecified atom stereocenters. The van der Waals surface area contributed by atoms with Crippen molar-refractivity contribution >= 4 is 22.7 Å². The zero-order chi connectivity index (χ0) is 21.7. The van der Waals surface area contributed by atoms with Gasteiger partial charge in [0.05, 0.1) is 25.6 Å². The van der Waals surface area contributed by atoms with Crippen LogP contribution in [0.1, 0.15) is 45.3 Å². The van der Waals surface area contributed by atoms with Gasteiger partial charge in [0.25, 0.3) is 0 Å². The Morgan fingerprint density at radius 1 is 1.13 bits per heavy atom. The molecule has 162 valence electrons. The first-order valence-corrected chi connectivity index (χ1v) is 10.5. The van der Waals surface area contributed by atoms with Crippen molar-refractivity contribution in [2.45, 2.75) is 45.8 Å². The average molecular weight is 414 g/mol. The van der Waals surface area contributed by atoms with Crippen LogP contribution in [0.2, 0.25) is 0 Å². The molecule has 0 amide bonds. The van der Waals surface area contributed by atoms with Crippen molar-refractivity contribution in [2.75, 3.05) is 20.3 Å². The molecule has 0 saturated carbocycles. The second-order valence-corrected chi connectivity index (χ2v) is 7.81. The lowest BCUT2D eigenvalue weighted by Gasteiger charge is -2.22. The number of benzene rings is 2. The van der Waals surface area contributed by atoms with E-state index in [1.165, 1.54) is 7.11 Å². The minimum Gasteiger partial charge on any atom is -0.490 e. The van der Waals surface area contributed by atoms with Crippen molar-refractivity contribution in [3.8, 4) is 5.75 Å². The fourth-order valence-corrected chi connectivity index (χ4v) is 3.63. The van der Waals surface area contributed by atoms with Gasteiger partial charge in [-0.2, -0.15) is 0 Å². The van der Waals surface area contributed by atoms with Crippen molar-refractivity contribution < 1.29 is 28.5 Å². The van der Waals surface area contributed by atoms with Crippen molar-refractivity contribution in [3.05, 3.63) is 42.0 Å². The Morgan fingerprint density at radius 3 is 2.47 bits per heavy atom. The summed E-state index contributed by atoms with van der Waals surface area (Å²) in [5.74, 6) is -0.579. The summed E-state index contributed by atoms with van der Waals surface area (Å²) in [5.41, 5.74) is 0.893. The van der Waals surface area contributed by atoms with Crippen LogP contribution in [0.5, 0.6) is 5.75 Å². The van der Waals surface area contributed by atoms with E-state index in [1.54, 1.807) is 6.92 Å². The summed E-state index contributed by atoms with van der Waals surface area (Å²) in [6.07, 6.45) is 0.702. The molecular formula is C24H30O6. The molecule has 0 N–H and O–H groups in total. The molecule has 0 spiro atoms. The van der Waals surface area contributed by atoms with Crippen LogP contribution in [0, 0.1) is 11.8 Å². The first-order valence-electron chi connectivity index (χ1n) is 10.5. The van der Waals surface area contributed by atoms with Crippen LogP contribution in [0.4, 0.5) is 0 Å². The minimum atomic E-state index is -0.453. The summed E-state index contributed by atoms with van der Waals surface area (Å²) in [4.78, 5) is 24.6. The van der Waals surface area contributed by atoms with Crippen LogP contribution in [0.3, 0.4) is 0 Å². The third-order valence-corrected chi connectivity index (χ3v) is 5.52. The van der Waals surface area contributed by atoms with Gasteiger partial charge >= 0.3 is 11.9 Å². The fourth-order valence-electron chi connectivity index (χ4n) is 3.63. The van der Waals surface area contributed by atoms with E-state index in [1.807, 2.05) is 50.2 Å². The molecule has 1 aliphatic rings. The van der Waals surface area contributed by atoms with Crippen LogP contribution >= 0.6 is 0 Å². The summed E-state index contributed by atoms with van der Waals surface area (Å²) < 4.78 is 21.8. The van der Waals surface area contributed by atoms with Gasteiger partial charge in [0, 0.05) is 10.9 Å². The van der Waals surface area contributed by atoms with E-state index in [0.29, 0.717) is 19.4 Å². The smallest absolute Gasteiger partial charge is 0.309 e. The summed E-state index contributed by atoms with van der Waals surface area (Å²) >= 11 is 0. The largest absolute Gasteiger partial charge is 0.490 e. The zero-order valence-electron chi connectivity index (χ0n) is 18.1. The SMILES string of the molecule is CCC(CC(C)C(=O)OC)C(=O)OC(C)c1cccc2cccc(OCC3CO3)c12. The van der Waals surface area contributed by atoms with Gasteiger partial charge in [0.1, 0.15) is 24.6 Å². The monoisotopic (exact) mass is 414 g/mol. The molecule has 0 bridgehead atoms. The number of fused-ring (bicyclic) bond motifs is 1. The highest BCUT2D eigenvalue weighted by molar-refractivity contribution is 5.92. The topological polar surface area (TPSA) is 74.4 Å². The van der Waals surface area contributed by atoms with E-state index >= 15 is 0 Å². The number of methoxy groups -OCH3 is 1. The molecule has 6 heteroatoms. The number of ether oxygens (including phenoxy) is 4. The van der Waals surface area contributed by atoms with Gasteiger partial charge in [-0.1, -0.05) is 44.2 Å². The Labute approximate surface area is 177 Å². The Morgan fingerprint density at radius 2 is 1.83 bits per heavy atom. The van der Waals surface area contributed by atoms with E-state index in [-0.39, 0.29) is 29.9 Å². The third-order valence-electron chi connectivity index (χ3n) is 5.52. The Bertz CT molecular complexity index is 883. The second-order valence-electron chi connectivity index (χ2n) is 7.81. The molecule has 4 atom stereocenters. The van der Waals surface area contributed by atoms with Gasteiger partial charge in [-0.3, -0.25) is 9.59 Å². The lowest BCUT2D eigenvalue weighted by atomic mass is 9.93. The van der Waals surface area contributed by atoms with Crippen molar-refractivity contribution in [3.63, 3.8) is 0 Å². The van der Waals surface area contributed by atoms with Crippen LogP contribution in [0.15, 0.2) is 36.4 Å². The number of carbonyl (C=O) groups excluding carboxylic acids is 2. The highest BCUT2D eigenvalue weighted by Crippen LogP contribution is 2.35. The predicted molar refractivity (Wildman–Crippen MR) is 113 cm³/mol. The molecule has 30 heavy (non-hydrogen) atoms. The Balaban J connectivity index is 1.77. The van der Waals surface area contributed by atoms with E-state index < -0.39 is 6.10 Å². The van der Waals surface area contributed by atoms with Gasteiger partial charge in [-0.05, 0) is 31.2 Å². The zero-order valence-corrected chi connectivity index (χ0v) is 18.1. The fraction of sp³-hybridized carbons (Fsp3) is 0.500. The maximum Gasteiger partial charge on any atom is 0.309 e. The quantitative estimate of drug-likeness (QED) is 0.422. The lowest BCUT2D eigenvalue weighted by Crippen LogP contribution is -2.24. The lowest BCUT2D eigenvalue weighted by molar-refractivity contribution is -0.155. The molecule has 3 rings (SSSR count). The van der Waals surface area contributed by atoms with E-state index in [0.717, 1.165) is 28.7 Å². The third kappa shape index (κ3) is 5.30. The Kier molecular flexibility index (Phi) is 7.32. The minimum absolute atomic E-state index is 0.157. The molecule has 6 nitrogen and oxygen atoms in total. The van der Waals surface area contributed by atoms with Crippen LogP contribution < -0.4 is 4.74 Å². The summed E-state index contributed by atoms with van der Waals surface area (Å²) in [6.45, 7) is 6.79. The number of rotatable bonds is 10. The van der Waals surface area contributed by atoms with Gasteiger partial charge in [0.2, 0.25) is 0 Å². The first-order chi connectivity index (χ1) is 14.4. The van der Waals surface area contributed by atoms with Gasteiger partial charge in [0.15, 0.2) is 0 Å². The summed E-state index contributed by atoms with van der Waals surface area (Å²) in [7, 11) is 1.36. The van der Waals surface area contributed by atoms with E-state index in [4.69, 9.17) is 18.9 Å². The summed E-state index contributed by atoms with van der Waals surface area (Å²) in [6, 6.07) is 11.8. The molecule has 1 fully saturated rings. The molecular weight excluding hydrogens is 384 g/mol. The van der Waals surface area contributed by atoms with Gasteiger partial charge in [-0.25, -0.2) is 0 Å². The molecule has 1 aliphatic heterocycles. The second kappa shape index (κ2) is 9.94. The molecule has 0 radical (unpaired) electrons. The number of carbonyl (C=O) groups is 2. The van der Waals surface area contributed by atoms with Crippen molar-refractivity contribution in [1.82, 2.24) is 0 Å². The number of hydrogen-bond acceptors (Lipinski definition) is 6. The van der Waals surface area contributed by atoms with Crippen LogP contribution in [-0.2, 0) is 23.8 Å². The van der Waals surface area contributed by atoms with Crippen LogP contribution in [0.25, 0.3) is 10.8 Å². The highest BCUT2D eigenvalue weighted by atomic mass is 16.6. The number of esters is 2. The molecule has 1 saturated heterocycles. The standard InChI is InChI=1S/C24H30O6/c1-5-17(12-15(2)23(25)27-4)24(26)30-16(3)20-10-6-8-18-9-7-11-21(22(18)20)29-14-19-13-28-19/h6-11,15-17,19H,5,12-14H2,1-4H3. The van der Waals surface area contributed by atoms with E-state index in [9.17, 15) is 9.59 Å². The average Bonchev–Trinajstić information content (AvgIpc) is 3.59. The Hall–Kier alpha value is -2.60. The normalized spacial score (nSPS) is 18.3. The number of epoxide rings is 1. The first kappa shape index (κ1) is 22.1. The molecule has 0 aromatic heterocycles. The molecule has 1 heterocycles. The number of hydrogen-bond donors (Lipinski definition) is 0. The van der Waals surface area contributed by atoms with Crippen molar-refractivity contribution in [1.29, 1.82) is 0 Å². The van der Waals surface area contributed by atoms with Crippen molar-refractivity contribution in [2.24, 2.45) is 11.8 Å². The molecule has 2 aromatic carbocycles. The maximum atomic E-state index is 12.8. The van der Waals surface area contributed by atoms with Gasteiger partial charge < -0.3 is 18.9 Å². The summed E-state index contributed by atoms with van der Waals surface area (Å²) in [5, 5.41) is 1.97. The predicted octanol–water partition coefficient (Wildman–Crippen LogP) is 4.45. The van der Waals surface area contributed by atoms with Crippen LogP contribution in [-0.4, -0.2) is 38.4 Å². The highest BCUT2D eigenvalue weighted by Gasteiger charge is 2.27. The maximum absolute atomic E-state index is 12.8.